The van der Waals surface area contributed by atoms with Crippen LogP contribution >= 0.6 is 0 Å². The fourth-order valence-corrected chi connectivity index (χ4v) is 1.86. The average molecular weight is 238 g/mol. The van der Waals surface area contributed by atoms with Crippen LogP contribution in [0.3, 0.4) is 0 Å². The van der Waals surface area contributed by atoms with Crippen molar-refractivity contribution in [2.75, 3.05) is 5.32 Å². The second-order valence-electron chi connectivity index (χ2n) is 3.89. The highest BCUT2D eigenvalue weighted by Crippen LogP contribution is 2.28. The molecule has 0 unspecified atom stereocenters. The number of hydrogen-bond acceptors (Lipinski definition) is 4. The Balaban J connectivity index is 2.41. The molecule has 0 saturated heterocycles. The van der Waals surface area contributed by atoms with Crippen LogP contribution in [-0.4, -0.2) is 5.91 Å². The van der Waals surface area contributed by atoms with Gasteiger partial charge in [0, 0.05) is 29.6 Å². The summed E-state index contributed by atoms with van der Waals surface area (Å²) in [6, 6.07) is 7.15. The van der Waals surface area contributed by atoms with Gasteiger partial charge in [-0.15, -0.1) is 0 Å². The lowest BCUT2D eigenvalue weighted by molar-refractivity contribution is 0.0966. The summed E-state index contributed by atoms with van der Waals surface area (Å²) in [6.07, 6.45) is 1.35. The van der Waals surface area contributed by atoms with E-state index in [-0.39, 0.29) is 11.5 Å². The number of rotatable bonds is 2. The molecular formula is C13H10N4O. The van der Waals surface area contributed by atoms with Crippen LogP contribution in [0.1, 0.15) is 21.5 Å². The summed E-state index contributed by atoms with van der Waals surface area (Å²) in [7, 11) is 0. The van der Waals surface area contributed by atoms with Crippen molar-refractivity contribution in [1.82, 2.24) is 5.32 Å². The van der Waals surface area contributed by atoms with Crippen molar-refractivity contribution in [2.24, 2.45) is 0 Å². The molecule has 5 heteroatoms. The van der Waals surface area contributed by atoms with Crippen LogP contribution in [0.4, 0.5) is 5.69 Å². The van der Waals surface area contributed by atoms with Gasteiger partial charge in [0.1, 0.15) is 17.7 Å². The molecule has 2 N–H and O–H groups in total. The Labute approximate surface area is 104 Å². The van der Waals surface area contributed by atoms with Crippen molar-refractivity contribution in [3.63, 3.8) is 0 Å². The number of allylic oxidation sites excluding steroid dienone is 1. The first-order chi connectivity index (χ1) is 8.67. The molecule has 0 aromatic heterocycles. The second kappa shape index (κ2) is 4.60. The highest BCUT2D eigenvalue weighted by atomic mass is 16.1. The number of aryl methyl sites for hydroxylation is 1. The Hall–Kier alpha value is -2.79. The first kappa shape index (κ1) is 11.7. The molecule has 1 aliphatic rings. The number of nitrogens with one attached hydrogen (secondary N) is 2. The Morgan fingerprint density at radius 2 is 2.17 bits per heavy atom. The molecule has 0 radical (unpaired) electrons. The maximum absolute atomic E-state index is 11.5. The summed E-state index contributed by atoms with van der Waals surface area (Å²) in [5.74, 6) is -0.0992. The first-order valence-corrected chi connectivity index (χ1v) is 5.35. The van der Waals surface area contributed by atoms with E-state index in [9.17, 15) is 4.79 Å². The monoisotopic (exact) mass is 238 g/mol. The number of benzene rings is 1. The topological polar surface area (TPSA) is 88.7 Å². The number of carbonyl (C=O) groups excluding carboxylic acids is 1. The molecular weight excluding hydrogens is 228 g/mol. The van der Waals surface area contributed by atoms with Crippen molar-refractivity contribution in [2.45, 2.75) is 13.5 Å². The number of carbonyl (C=O) groups is 1. The van der Waals surface area contributed by atoms with E-state index in [1.54, 1.807) is 18.2 Å². The van der Waals surface area contributed by atoms with Gasteiger partial charge in [-0.3, -0.25) is 4.79 Å². The average Bonchev–Trinajstić information content (AvgIpc) is 2.74. The number of anilines is 1. The number of nitriles is 2. The van der Waals surface area contributed by atoms with Crippen molar-refractivity contribution in [3.8, 4) is 12.1 Å². The minimum Gasteiger partial charge on any atom is -0.359 e. The van der Waals surface area contributed by atoms with Gasteiger partial charge in [-0.1, -0.05) is 6.07 Å². The number of nitrogens with zero attached hydrogens (tertiary/aromatic N) is 2. The summed E-state index contributed by atoms with van der Waals surface area (Å²) >= 11 is 0. The summed E-state index contributed by atoms with van der Waals surface area (Å²) in [4.78, 5) is 11.5. The molecule has 0 saturated carbocycles. The molecule has 1 aromatic carbocycles. The lowest BCUT2D eigenvalue weighted by atomic mass is 10.0. The summed E-state index contributed by atoms with van der Waals surface area (Å²) < 4.78 is 0. The normalized spacial score (nSPS) is 11.8. The van der Waals surface area contributed by atoms with Crippen LogP contribution in [0.5, 0.6) is 0 Å². The number of hydrogen-bond donors (Lipinski definition) is 2. The molecule has 0 bridgehead atoms. The molecule has 0 aliphatic carbocycles. The summed E-state index contributed by atoms with van der Waals surface area (Å²) in [6.45, 7) is 2.36. The Bertz CT molecular complexity index is 616. The van der Waals surface area contributed by atoms with Gasteiger partial charge in [-0.05, 0) is 18.6 Å². The molecule has 18 heavy (non-hydrogen) atoms. The van der Waals surface area contributed by atoms with E-state index >= 15 is 0 Å². The van der Waals surface area contributed by atoms with Gasteiger partial charge < -0.3 is 10.6 Å². The Kier molecular flexibility index (Phi) is 2.99. The fraction of sp³-hybridized carbons (Fsp3) is 0.154. The Morgan fingerprint density at radius 3 is 2.83 bits per heavy atom. The van der Waals surface area contributed by atoms with Crippen LogP contribution in [0.15, 0.2) is 23.9 Å². The highest BCUT2D eigenvalue weighted by Gasteiger charge is 2.22. The molecule has 5 nitrogen and oxygen atoms in total. The number of fused-ring (bicyclic) bond motifs is 1. The maximum Gasteiger partial charge on any atom is 0.251 e. The molecule has 2 rings (SSSR count). The third-order valence-corrected chi connectivity index (χ3v) is 2.79. The molecule has 88 valence electrons. The molecule has 0 atom stereocenters. The molecule has 1 amide bonds. The van der Waals surface area contributed by atoms with E-state index in [1.807, 2.05) is 13.0 Å². The van der Waals surface area contributed by atoms with Crippen LogP contribution in [-0.2, 0) is 6.54 Å². The zero-order valence-corrected chi connectivity index (χ0v) is 9.74. The van der Waals surface area contributed by atoms with E-state index in [2.05, 4.69) is 10.6 Å². The van der Waals surface area contributed by atoms with Crippen LogP contribution in [0, 0.1) is 29.6 Å². The van der Waals surface area contributed by atoms with E-state index in [0.717, 1.165) is 16.8 Å². The maximum atomic E-state index is 11.5. The minimum absolute atomic E-state index is 0.00992. The molecule has 0 fully saturated rings. The van der Waals surface area contributed by atoms with Crippen molar-refractivity contribution < 1.29 is 4.79 Å². The first-order valence-electron chi connectivity index (χ1n) is 5.35. The summed E-state index contributed by atoms with van der Waals surface area (Å²) in [5, 5.41) is 23.0. The van der Waals surface area contributed by atoms with Crippen molar-refractivity contribution in [3.05, 3.63) is 40.6 Å². The van der Waals surface area contributed by atoms with Gasteiger partial charge in [-0.2, -0.15) is 10.5 Å². The summed E-state index contributed by atoms with van der Waals surface area (Å²) in [5.41, 5.74) is 3.22. The lowest BCUT2D eigenvalue weighted by Gasteiger charge is -2.10. The number of amides is 1. The third kappa shape index (κ3) is 1.90. The predicted molar refractivity (Wildman–Crippen MR) is 65.3 cm³/mol. The van der Waals surface area contributed by atoms with Crippen LogP contribution in [0.25, 0.3) is 0 Å². The van der Waals surface area contributed by atoms with Crippen LogP contribution in [0.2, 0.25) is 0 Å². The lowest BCUT2D eigenvalue weighted by Crippen LogP contribution is -2.12. The molecule has 0 spiro atoms. The van der Waals surface area contributed by atoms with E-state index in [4.69, 9.17) is 10.5 Å². The quantitative estimate of drug-likeness (QED) is 0.765. The van der Waals surface area contributed by atoms with E-state index < -0.39 is 0 Å². The molecule has 1 aromatic rings. The van der Waals surface area contributed by atoms with Crippen molar-refractivity contribution >= 4 is 11.6 Å². The van der Waals surface area contributed by atoms with Gasteiger partial charge in [-0.25, -0.2) is 0 Å². The van der Waals surface area contributed by atoms with Gasteiger partial charge >= 0.3 is 0 Å². The zero-order chi connectivity index (χ0) is 13.1. The smallest absolute Gasteiger partial charge is 0.251 e. The SMILES string of the molecule is Cc1ccc2c(c1NC=C(C#N)C#N)CNC2=O. The van der Waals surface area contributed by atoms with E-state index in [0.29, 0.717) is 12.1 Å². The van der Waals surface area contributed by atoms with Crippen molar-refractivity contribution in [1.29, 1.82) is 10.5 Å². The zero-order valence-electron chi connectivity index (χ0n) is 9.74. The fourth-order valence-electron chi connectivity index (χ4n) is 1.86. The van der Waals surface area contributed by atoms with Crippen LogP contribution < -0.4 is 10.6 Å². The standard InChI is InChI=1S/C13H10N4O/c1-8-2-3-10-11(7-17-13(10)18)12(8)16-6-9(4-14)5-15/h2-3,6,16H,7H2,1H3,(H,17,18). The van der Waals surface area contributed by atoms with Gasteiger partial charge in [0.15, 0.2) is 0 Å². The largest absolute Gasteiger partial charge is 0.359 e. The van der Waals surface area contributed by atoms with Gasteiger partial charge in [0.2, 0.25) is 0 Å². The van der Waals surface area contributed by atoms with Gasteiger partial charge in [0.05, 0.1) is 0 Å². The minimum atomic E-state index is -0.0992. The third-order valence-electron chi connectivity index (χ3n) is 2.79. The Morgan fingerprint density at radius 1 is 1.44 bits per heavy atom. The van der Waals surface area contributed by atoms with E-state index in [1.165, 1.54) is 6.20 Å². The molecule has 1 aliphatic heterocycles. The predicted octanol–water partition coefficient (Wildman–Crippen LogP) is 1.58. The molecule has 1 heterocycles. The highest BCUT2D eigenvalue weighted by molar-refractivity contribution is 6.00. The van der Waals surface area contributed by atoms with Gasteiger partial charge in [0.25, 0.3) is 5.91 Å². The second-order valence-corrected chi connectivity index (χ2v) is 3.89.